The number of nitroso groups, excluding NO2 is 1. The molecule has 1 heterocycles. The van der Waals surface area contributed by atoms with Crippen molar-refractivity contribution < 1.29 is 28.2 Å². The summed E-state index contributed by atoms with van der Waals surface area (Å²) in [5, 5.41) is 15.9. The third-order valence-electron chi connectivity index (χ3n) is 5.25. The predicted molar refractivity (Wildman–Crippen MR) is 153 cm³/mol. The van der Waals surface area contributed by atoms with Crippen molar-refractivity contribution in [2.75, 3.05) is 6.61 Å². The van der Waals surface area contributed by atoms with Gasteiger partial charge in [-0.2, -0.15) is 0 Å². The fourth-order valence-electron chi connectivity index (χ4n) is 3.19. The Balaban J connectivity index is 0.000000729. The SMILES string of the molecule is CCCCOC(C)C(NC(=O)OC(C)(C)C)c1nnc(CNC(=O)Oc2ccc(N=O)cc2)o1.Cc1ccccc1. The maximum Gasteiger partial charge on any atom is 0.413 e. The number of rotatable bonds is 11. The van der Waals surface area contributed by atoms with Gasteiger partial charge in [0.25, 0.3) is 0 Å². The molecule has 2 unspecified atom stereocenters. The number of carbonyl (C=O) groups excluding carboxylic acids is 2. The van der Waals surface area contributed by atoms with Crippen LogP contribution in [0, 0.1) is 11.8 Å². The highest BCUT2D eigenvalue weighted by Gasteiger charge is 2.30. The van der Waals surface area contributed by atoms with Crippen LogP contribution in [0.5, 0.6) is 5.75 Å². The molecule has 3 rings (SSSR count). The molecule has 2 atom stereocenters. The molecule has 0 saturated carbocycles. The van der Waals surface area contributed by atoms with Gasteiger partial charge in [0.1, 0.15) is 23.1 Å². The van der Waals surface area contributed by atoms with Crippen molar-refractivity contribution in [1.82, 2.24) is 20.8 Å². The van der Waals surface area contributed by atoms with Crippen LogP contribution in [0.25, 0.3) is 0 Å². The fourth-order valence-corrected chi connectivity index (χ4v) is 3.19. The fraction of sp³-hybridized carbons (Fsp3) is 0.448. The van der Waals surface area contributed by atoms with Crippen LogP contribution in [-0.4, -0.2) is 40.7 Å². The molecule has 2 N–H and O–H groups in total. The van der Waals surface area contributed by atoms with E-state index in [1.165, 1.54) is 29.8 Å². The van der Waals surface area contributed by atoms with E-state index in [0.717, 1.165) is 12.8 Å². The summed E-state index contributed by atoms with van der Waals surface area (Å²) >= 11 is 0. The first-order valence-corrected chi connectivity index (χ1v) is 13.3. The molecule has 0 spiro atoms. The van der Waals surface area contributed by atoms with Crippen LogP contribution < -0.4 is 15.4 Å². The van der Waals surface area contributed by atoms with Crippen molar-refractivity contribution in [3.63, 3.8) is 0 Å². The lowest BCUT2D eigenvalue weighted by molar-refractivity contribution is 0.0151. The second kappa shape index (κ2) is 16.7. The Bertz CT molecular complexity index is 1210. The van der Waals surface area contributed by atoms with Crippen molar-refractivity contribution in [2.24, 2.45) is 5.18 Å². The number of hydrogen-bond acceptors (Lipinski definition) is 10. The highest BCUT2D eigenvalue weighted by atomic mass is 16.6. The minimum atomic E-state index is -0.759. The van der Waals surface area contributed by atoms with E-state index >= 15 is 0 Å². The van der Waals surface area contributed by atoms with Crippen molar-refractivity contribution in [3.8, 4) is 5.75 Å². The zero-order valence-corrected chi connectivity index (χ0v) is 24.4. The molecular weight excluding hydrogens is 530 g/mol. The number of aryl methyl sites for hydroxylation is 1. The second-order valence-electron chi connectivity index (χ2n) is 10.1. The monoisotopic (exact) mass is 569 g/mol. The molecule has 0 aliphatic rings. The zero-order valence-electron chi connectivity index (χ0n) is 24.4. The van der Waals surface area contributed by atoms with Crippen LogP contribution in [0.1, 0.15) is 70.8 Å². The molecule has 222 valence electrons. The number of carbonyl (C=O) groups is 2. The molecular formula is C29H39N5O7. The Morgan fingerprint density at radius 3 is 2.27 bits per heavy atom. The van der Waals surface area contributed by atoms with E-state index in [1.54, 1.807) is 27.7 Å². The lowest BCUT2D eigenvalue weighted by atomic mass is 10.1. The number of hydrogen-bond donors (Lipinski definition) is 2. The first-order valence-electron chi connectivity index (χ1n) is 13.3. The molecule has 3 aromatic rings. The minimum absolute atomic E-state index is 0.101. The topological polar surface area (TPSA) is 154 Å². The van der Waals surface area contributed by atoms with E-state index in [4.69, 9.17) is 18.6 Å². The van der Waals surface area contributed by atoms with Crippen molar-refractivity contribution >= 4 is 17.9 Å². The summed E-state index contributed by atoms with van der Waals surface area (Å²) in [7, 11) is 0. The summed E-state index contributed by atoms with van der Waals surface area (Å²) in [6.07, 6.45) is -0.0680. The van der Waals surface area contributed by atoms with Gasteiger partial charge in [0, 0.05) is 6.61 Å². The predicted octanol–water partition coefficient (Wildman–Crippen LogP) is 6.52. The van der Waals surface area contributed by atoms with E-state index in [-0.39, 0.29) is 29.8 Å². The maximum absolute atomic E-state index is 12.3. The number of unbranched alkanes of at least 4 members (excludes halogenated alkanes) is 1. The molecule has 2 aromatic carbocycles. The summed E-state index contributed by atoms with van der Waals surface area (Å²) < 4.78 is 21.9. The molecule has 0 aliphatic heterocycles. The van der Waals surface area contributed by atoms with Crippen molar-refractivity contribution in [1.29, 1.82) is 0 Å². The average Bonchev–Trinajstić information content (AvgIpc) is 3.40. The average molecular weight is 570 g/mol. The molecule has 0 bridgehead atoms. The summed E-state index contributed by atoms with van der Waals surface area (Å²) in [6, 6.07) is 15.2. The van der Waals surface area contributed by atoms with Gasteiger partial charge in [0.15, 0.2) is 0 Å². The molecule has 0 radical (unpaired) electrons. The summed E-state index contributed by atoms with van der Waals surface area (Å²) in [4.78, 5) is 34.8. The largest absolute Gasteiger partial charge is 0.444 e. The number of aromatic nitrogens is 2. The van der Waals surface area contributed by atoms with Gasteiger partial charge in [-0.05, 0) is 70.5 Å². The van der Waals surface area contributed by atoms with Crippen LogP contribution >= 0.6 is 0 Å². The highest BCUT2D eigenvalue weighted by Crippen LogP contribution is 2.21. The van der Waals surface area contributed by atoms with Crippen LogP contribution in [0.3, 0.4) is 0 Å². The van der Waals surface area contributed by atoms with Gasteiger partial charge >= 0.3 is 12.2 Å². The molecule has 2 amide bonds. The van der Waals surface area contributed by atoms with Crippen molar-refractivity contribution in [3.05, 3.63) is 76.8 Å². The number of nitrogens with zero attached hydrogens (tertiary/aromatic N) is 3. The Labute approximate surface area is 240 Å². The molecule has 0 aliphatic carbocycles. The molecule has 1 aromatic heterocycles. The van der Waals surface area contributed by atoms with Crippen LogP contribution in [0.2, 0.25) is 0 Å². The van der Waals surface area contributed by atoms with Crippen LogP contribution in [0.15, 0.2) is 64.2 Å². The Hall–Kier alpha value is -4.32. The maximum atomic E-state index is 12.3. The number of benzene rings is 2. The standard InChI is InChI=1S/C22H31N5O7.C7H8/c1-6-7-12-31-14(2)18(24-21(29)34-22(3,4)5)19-26-25-17(33-19)13-23-20(28)32-16-10-8-15(27-30)9-11-16;1-7-5-3-2-4-6-7/h8-11,14,18H,6-7,12-13H2,1-5H3,(H,23,28)(H,24,29);2-6H,1H3. The first kappa shape index (κ1) is 32.9. The van der Waals surface area contributed by atoms with E-state index in [9.17, 15) is 14.5 Å². The van der Waals surface area contributed by atoms with Gasteiger partial charge in [-0.15, -0.1) is 15.1 Å². The molecule has 41 heavy (non-hydrogen) atoms. The number of ether oxygens (including phenoxy) is 3. The number of alkyl carbamates (subject to hydrolysis) is 1. The Morgan fingerprint density at radius 2 is 1.71 bits per heavy atom. The van der Waals surface area contributed by atoms with Crippen LogP contribution in [-0.2, 0) is 16.0 Å². The Morgan fingerprint density at radius 1 is 1.02 bits per heavy atom. The number of nitrogens with one attached hydrogen (secondary N) is 2. The summed E-state index contributed by atoms with van der Waals surface area (Å²) in [5.74, 6) is 0.442. The number of amides is 2. The zero-order chi connectivity index (χ0) is 30.3. The molecule has 12 heteroatoms. The van der Waals surface area contributed by atoms with E-state index < -0.39 is 29.9 Å². The van der Waals surface area contributed by atoms with E-state index in [1.807, 2.05) is 25.1 Å². The third kappa shape index (κ3) is 13.1. The van der Waals surface area contributed by atoms with Gasteiger partial charge in [-0.3, -0.25) is 0 Å². The molecule has 0 fully saturated rings. The van der Waals surface area contributed by atoms with Gasteiger partial charge in [-0.25, -0.2) is 9.59 Å². The highest BCUT2D eigenvalue weighted by molar-refractivity contribution is 5.70. The summed E-state index contributed by atoms with van der Waals surface area (Å²) in [5.41, 5.74) is 0.853. The van der Waals surface area contributed by atoms with Gasteiger partial charge < -0.3 is 29.3 Å². The smallest absolute Gasteiger partial charge is 0.413 e. The van der Waals surface area contributed by atoms with Crippen LogP contribution in [0.4, 0.5) is 15.3 Å². The van der Waals surface area contributed by atoms with Gasteiger partial charge in [0.05, 0.1) is 12.6 Å². The normalized spacial score (nSPS) is 12.2. The lowest BCUT2D eigenvalue weighted by Gasteiger charge is -2.25. The molecule has 0 saturated heterocycles. The Kier molecular flexibility index (Phi) is 13.4. The third-order valence-corrected chi connectivity index (χ3v) is 5.25. The van der Waals surface area contributed by atoms with E-state index in [0.29, 0.717) is 6.61 Å². The van der Waals surface area contributed by atoms with Crippen molar-refractivity contribution in [2.45, 2.75) is 78.7 Å². The van der Waals surface area contributed by atoms with Gasteiger partial charge in [0.2, 0.25) is 11.8 Å². The minimum Gasteiger partial charge on any atom is -0.444 e. The summed E-state index contributed by atoms with van der Waals surface area (Å²) in [6.45, 7) is 11.6. The molecule has 12 nitrogen and oxygen atoms in total. The first-order chi connectivity index (χ1) is 19.5. The quantitative estimate of drug-likeness (QED) is 0.194. The van der Waals surface area contributed by atoms with E-state index in [2.05, 4.69) is 45.1 Å². The lowest BCUT2D eigenvalue weighted by Crippen LogP contribution is -2.40. The second-order valence-corrected chi connectivity index (χ2v) is 10.1. The van der Waals surface area contributed by atoms with Gasteiger partial charge in [-0.1, -0.05) is 49.2 Å².